The van der Waals surface area contributed by atoms with Crippen molar-refractivity contribution >= 4 is 21.4 Å². The molecule has 0 radical (unpaired) electrons. The predicted octanol–water partition coefficient (Wildman–Crippen LogP) is 1.55. The molecule has 1 fully saturated rings. The predicted molar refractivity (Wildman–Crippen MR) is 73.9 cm³/mol. The molecule has 2 aliphatic rings. The Hall–Kier alpha value is -1.36. The molecule has 5 heteroatoms. The average molecular weight is 279 g/mol. The lowest BCUT2D eigenvalue weighted by atomic mass is 10.1. The summed E-state index contributed by atoms with van der Waals surface area (Å²) < 4.78 is 22.7. The quantitative estimate of drug-likeness (QED) is 0.893. The van der Waals surface area contributed by atoms with E-state index in [2.05, 4.69) is 11.4 Å². The third-order valence-corrected chi connectivity index (χ3v) is 5.74. The van der Waals surface area contributed by atoms with Crippen molar-refractivity contribution in [3.63, 3.8) is 0 Å². The zero-order chi connectivity index (χ0) is 13.5. The molecule has 1 heterocycles. The lowest BCUT2D eigenvalue weighted by molar-refractivity contribution is -0.119. The number of aryl methyl sites for hydroxylation is 2. The summed E-state index contributed by atoms with van der Waals surface area (Å²) in [6.45, 7) is 0. The van der Waals surface area contributed by atoms with Crippen LogP contribution in [0.2, 0.25) is 0 Å². The van der Waals surface area contributed by atoms with E-state index in [4.69, 9.17) is 0 Å². The Morgan fingerprint density at radius 2 is 2.00 bits per heavy atom. The molecule has 102 valence electrons. The Kier molecular flexibility index (Phi) is 3.09. The number of benzene rings is 1. The van der Waals surface area contributed by atoms with Crippen molar-refractivity contribution in [1.82, 2.24) is 0 Å². The SMILES string of the molecule is O=C(Nc1ccc2c(c1)CCC2)[C@H]1CCS(=O)(=O)C1. The summed E-state index contributed by atoms with van der Waals surface area (Å²) in [5.41, 5.74) is 3.45. The maximum atomic E-state index is 12.0. The van der Waals surface area contributed by atoms with Crippen LogP contribution in [0.5, 0.6) is 0 Å². The third-order valence-electron chi connectivity index (χ3n) is 3.97. The summed E-state index contributed by atoms with van der Waals surface area (Å²) in [6, 6.07) is 5.98. The molecule has 0 bridgehead atoms. The maximum Gasteiger partial charge on any atom is 0.228 e. The van der Waals surface area contributed by atoms with Crippen LogP contribution >= 0.6 is 0 Å². The van der Waals surface area contributed by atoms with Crippen molar-refractivity contribution in [2.75, 3.05) is 16.8 Å². The van der Waals surface area contributed by atoms with Crippen LogP contribution in [0.15, 0.2) is 18.2 Å². The number of sulfone groups is 1. The summed E-state index contributed by atoms with van der Waals surface area (Å²) in [4.78, 5) is 12.0. The van der Waals surface area contributed by atoms with Gasteiger partial charge < -0.3 is 5.32 Å². The molecule has 1 saturated heterocycles. The molecule has 1 aliphatic carbocycles. The minimum Gasteiger partial charge on any atom is -0.326 e. The first-order valence-electron chi connectivity index (χ1n) is 6.67. The van der Waals surface area contributed by atoms with Crippen LogP contribution in [-0.4, -0.2) is 25.8 Å². The fourth-order valence-electron chi connectivity index (χ4n) is 2.90. The Bertz CT molecular complexity index is 622. The van der Waals surface area contributed by atoms with Crippen LogP contribution in [0.1, 0.15) is 24.0 Å². The zero-order valence-corrected chi connectivity index (χ0v) is 11.5. The van der Waals surface area contributed by atoms with Gasteiger partial charge in [0.1, 0.15) is 0 Å². The van der Waals surface area contributed by atoms with Crippen molar-refractivity contribution in [1.29, 1.82) is 0 Å². The van der Waals surface area contributed by atoms with E-state index in [0.717, 1.165) is 18.5 Å². The Morgan fingerprint density at radius 1 is 1.21 bits per heavy atom. The van der Waals surface area contributed by atoms with Crippen LogP contribution in [0, 0.1) is 5.92 Å². The molecule has 1 amide bonds. The minimum atomic E-state index is -3.00. The molecular formula is C14H17NO3S. The number of carbonyl (C=O) groups is 1. The standard InChI is InChI=1S/C14H17NO3S/c16-14(12-6-7-19(17,18)9-12)15-13-5-4-10-2-1-3-11(10)8-13/h4-5,8,12H,1-3,6-7,9H2,(H,15,16)/t12-/m0/s1. The van der Waals surface area contributed by atoms with E-state index in [0.29, 0.717) is 6.42 Å². The topological polar surface area (TPSA) is 63.2 Å². The smallest absolute Gasteiger partial charge is 0.228 e. The summed E-state index contributed by atoms with van der Waals surface area (Å²) in [5.74, 6) is -0.434. The highest BCUT2D eigenvalue weighted by molar-refractivity contribution is 7.91. The van der Waals surface area contributed by atoms with Crippen molar-refractivity contribution < 1.29 is 13.2 Å². The van der Waals surface area contributed by atoms with Crippen LogP contribution in [0.25, 0.3) is 0 Å². The van der Waals surface area contributed by atoms with E-state index in [-0.39, 0.29) is 17.4 Å². The van der Waals surface area contributed by atoms with Crippen molar-refractivity contribution in [2.24, 2.45) is 5.92 Å². The lowest BCUT2D eigenvalue weighted by Gasteiger charge is -2.10. The zero-order valence-electron chi connectivity index (χ0n) is 10.7. The highest BCUT2D eigenvalue weighted by Gasteiger charge is 2.32. The third kappa shape index (κ3) is 2.66. The highest BCUT2D eigenvalue weighted by Crippen LogP contribution is 2.26. The Morgan fingerprint density at radius 3 is 2.74 bits per heavy atom. The molecule has 4 nitrogen and oxygen atoms in total. The number of carbonyl (C=O) groups excluding carboxylic acids is 1. The fraction of sp³-hybridized carbons (Fsp3) is 0.500. The van der Waals surface area contributed by atoms with Crippen LogP contribution in [0.3, 0.4) is 0 Å². The van der Waals surface area contributed by atoms with Crippen LogP contribution in [0.4, 0.5) is 5.69 Å². The van der Waals surface area contributed by atoms with Gasteiger partial charge >= 0.3 is 0 Å². The molecule has 1 aromatic carbocycles. The highest BCUT2D eigenvalue weighted by atomic mass is 32.2. The molecular weight excluding hydrogens is 262 g/mol. The molecule has 1 atom stereocenters. The number of hydrogen-bond acceptors (Lipinski definition) is 3. The van der Waals surface area contributed by atoms with Crippen molar-refractivity contribution in [3.05, 3.63) is 29.3 Å². The first-order valence-corrected chi connectivity index (χ1v) is 8.49. The van der Waals surface area contributed by atoms with Crippen LogP contribution in [-0.2, 0) is 27.5 Å². The van der Waals surface area contributed by atoms with Crippen LogP contribution < -0.4 is 5.32 Å². The second-order valence-electron chi connectivity index (χ2n) is 5.43. The number of rotatable bonds is 2. The molecule has 1 N–H and O–H groups in total. The molecule has 19 heavy (non-hydrogen) atoms. The Balaban J connectivity index is 1.70. The van der Waals surface area contributed by atoms with Gasteiger partial charge in [0, 0.05) is 5.69 Å². The summed E-state index contributed by atoms with van der Waals surface area (Å²) in [6.07, 6.45) is 3.80. The molecule has 3 rings (SSSR count). The summed E-state index contributed by atoms with van der Waals surface area (Å²) >= 11 is 0. The monoisotopic (exact) mass is 279 g/mol. The van der Waals surface area contributed by atoms with Crippen molar-refractivity contribution in [3.8, 4) is 0 Å². The molecule has 1 aromatic rings. The van der Waals surface area contributed by atoms with Gasteiger partial charge in [-0.1, -0.05) is 6.07 Å². The minimum absolute atomic E-state index is 0.0101. The normalized spacial score (nSPS) is 24.1. The largest absolute Gasteiger partial charge is 0.326 e. The van der Waals surface area contributed by atoms with Gasteiger partial charge in [-0.2, -0.15) is 0 Å². The first-order chi connectivity index (χ1) is 9.03. The average Bonchev–Trinajstić information content (AvgIpc) is 2.94. The second kappa shape index (κ2) is 4.63. The first kappa shape index (κ1) is 12.7. The van der Waals surface area contributed by atoms with Gasteiger partial charge in [-0.15, -0.1) is 0 Å². The number of fused-ring (bicyclic) bond motifs is 1. The fourth-order valence-corrected chi connectivity index (χ4v) is 4.64. The number of nitrogens with one attached hydrogen (secondary N) is 1. The molecule has 0 aromatic heterocycles. The maximum absolute atomic E-state index is 12.0. The van der Waals surface area contributed by atoms with Gasteiger partial charge in [-0.3, -0.25) is 4.79 Å². The molecule has 1 aliphatic heterocycles. The summed E-state index contributed by atoms with van der Waals surface area (Å²) in [5, 5.41) is 2.85. The van der Waals surface area contributed by atoms with E-state index in [1.54, 1.807) is 0 Å². The lowest BCUT2D eigenvalue weighted by Crippen LogP contribution is -2.23. The van der Waals surface area contributed by atoms with Gasteiger partial charge in [-0.25, -0.2) is 8.42 Å². The van der Waals surface area contributed by atoms with E-state index >= 15 is 0 Å². The number of hydrogen-bond donors (Lipinski definition) is 1. The van der Waals surface area contributed by atoms with E-state index in [1.165, 1.54) is 17.5 Å². The van der Waals surface area contributed by atoms with Gasteiger partial charge in [-0.05, 0) is 48.9 Å². The van der Waals surface area contributed by atoms with E-state index in [1.807, 2.05) is 12.1 Å². The Labute approximate surface area is 113 Å². The van der Waals surface area contributed by atoms with Gasteiger partial charge in [0.05, 0.1) is 17.4 Å². The van der Waals surface area contributed by atoms with Gasteiger partial charge in [0.25, 0.3) is 0 Å². The van der Waals surface area contributed by atoms with Crippen molar-refractivity contribution in [2.45, 2.75) is 25.7 Å². The van der Waals surface area contributed by atoms with E-state index in [9.17, 15) is 13.2 Å². The molecule has 0 spiro atoms. The van der Waals surface area contributed by atoms with E-state index < -0.39 is 15.8 Å². The number of amides is 1. The number of anilines is 1. The van der Waals surface area contributed by atoms with Gasteiger partial charge in [0.2, 0.25) is 5.91 Å². The molecule has 0 saturated carbocycles. The summed E-state index contributed by atoms with van der Waals surface area (Å²) in [7, 11) is -3.00. The second-order valence-corrected chi connectivity index (χ2v) is 7.65. The van der Waals surface area contributed by atoms with Gasteiger partial charge in [0.15, 0.2) is 9.84 Å². The molecule has 0 unspecified atom stereocenters.